The van der Waals surface area contributed by atoms with Crippen LogP contribution in [0, 0.1) is 0 Å². The Morgan fingerprint density at radius 2 is 2.00 bits per heavy atom. The van der Waals surface area contributed by atoms with Gasteiger partial charge in [0.15, 0.2) is 12.0 Å². The van der Waals surface area contributed by atoms with Crippen molar-refractivity contribution in [3.05, 3.63) is 0 Å². The Morgan fingerprint density at radius 1 is 1.43 bits per heavy atom. The van der Waals surface area contributed by atoms with Gasteiger partial charge >= 0.3 is 5.97 Å². The van der Waals surface area contributed by atoms with Gasteiger partial charge in [-0.1, -0.05) is 5.23 Å². The summed E-state index contributed by atoms with van der Waals surface area (Å²) >= 11 is 0. The summed E-state index contributed by atoms with van der Waals surface area (Å²) in [6.45, 7) is 0.250. The largest absolute Gasteiger partial charge is 0.480 e. The van der Waals surface area contributed by atoms with Gasteiger partial charge in [0.2, 0.25) is 0 Å². The average molecular weight is 206 g/mol. The van der Waals surface area contributed by atoms with Crippen molar-refractivity contribution in [2.75, 3.05) is 6.54 Å². The maximum absolute atomic E-state index is 10.4. The molecular formula is C6H14N4O4. The Hall–Kier alpha value is -1.38. The summed E-state index contributed by atoms with van der Waals surface area (Å²) < 4.78 is 0. The van der Waals surface area contributed by atoms with Crippen molar-refractivity contribution in [1.29, 1.82) is 0 Å². The maximum atomic E-state index is 10.4. The molecule has 0 aliphatic carbocycles. The summed E-state index contributed by atoms with van der Waals surface area (Å²) in [6, 6.07) is -1.36. The molecule has 8 heteroatoms. The molecule has 0 aromatic rings. The molecule has 0 rings (SSSR count). The monoisotopic (exact) mass is 206 g/mol. The number of carboxylic acids is 1. The van der Waals surface area contributed by atoms with E-state index in [9.17, 15) is 4.79 Å². The SMILES string of the molecule is NC(N)=NCCC[C@@H](C(=O)O)N(O)O. The minimum atomic E-state index is -1.36. The van der Waals surface area contributed by atoms with Crippen molar-refractivity contribution in [2.45, 2.75) is 18.9 Å². The van der Waals surface area contributed by atoms with Crippen molar-refractivity contribution in [2.24, 2.45) is 16.5 Å². The maximum Gasteiger partial charge on any atom is 0.325 e. The number of rotatable bonds is 6. The second kappa shape index (κ2) is 6.13. The zero-order valence-corrected chi connectivity index (χ0v) is 7.50. The molecule has 0 fully saturated rings. The lowest BCUT2D eigenvalue weighted by atomic mass is 10.1. The number of hydrogen-bond acceptors (Lipinski definition) is 5. The Kier molecular flexibility index (Phi) is 5.53. The van der Waals surface area contributed by atoms with Crippen LogP contribution in [0.1, 0.15) is 12.8 Å². The van der Waals surface area contributed by atoms with E-state index >= 15 is 0 Å². The van der Waals surface area contributed by atoms with Crippen LogP contribution in [-0.4, -0.2) is 45.3 Å². The summed E-state index contributed by atoms with van der Waals surface area (Å²) in [7, 11) is 0. The molecule has 0 aliphatic heterocycles. The highest BCUT2D eigenvalue weighted by Gasteiger charge is 2.22. The molecule has 0 bridgehead atoms. The van der Waals surface area contributed by atoms with Crippen LogP contribution < -0.4 is 11.5 Å². The fourth-order valence-corrected chi connectivity index (χ4v) is 0.831. The van der Waals surface area contributed by atoms with E-state index in [1.54, 1.807) is 0 Å². The van der Waals surface area contributed by atoms with E-state index in [0.29, 0.717) is 6.42 Å². The van der Waals surface area contributed by atoms with Gasteiger partial charge in [0.25, 0.3) is 0 Å². The van der Waals surface area contributed by atoms with Crippen LogP contribution in [0.15, 0.2) is 4.99 Å². The molecule has 0 aliphatic rings. The van der Waals surface area contributed by atoms with Crippen molar-refractivity contribution in [3.63, 3.8) is 0 Å². The molecule has 0 saturated carbocycles. The quantitative estimate of drug-likeness (QED) is 0.155. The molecular weight excluding hydrogens is 192 g/mol. The van der Waals surface area contributed by atoms with Crippen LogP contribution in [0.4, 0.5) is 0 Å². The highest BCUT2D eigenvalue weighted by molar-refractivity contribution is 5.75. The van der Waals surface area contributed by atoms with Crippen molar-refractivity contribution >= 4 is 11.9 Å². The highest BCUT2D eigenvalue weighted by Crippen LogP contribution is 2.03. The van der Waals surface area contributed by atoms with Crippen LogP contribution in [0.3, 0.4) is 0 Å². The van der Waals surface area contributed by atoms with Gasteiger partial charge in [-0.25, -0.2) is 0 Å². The van der Waals surface area contributed by atoms with Crippen molar-refractivity contribution < 1.29 is 20.3 Å². The van der Waals surface area contributed by atoms with Crippen molar-refractivity contribution in [3.8, 4) is 0 Å². The summed E-state index contributed by atoms with van der Waals surface area (Å²) in [5.74, 6) is -1.40. The van der Waals surface area contributed by atoms with Gasteiger partial charge in [-0.05, 0) is 12.8 Å². The fraction of sp³-hybridized carbons (Fsp3) is 0.667. The lowest BCUT2D eigenvalue weighted by Gasteiger charge is -2.14. The Balaban J connectivity index is 3.84. The summed E-state index contributed by atoms with van der Waals surface area (Å²) in [5.41, 5.74) is 10.1. The van der Waals surface area contributed by atoms with E-state index in [1.165, 1.54) is 0 Å². The fourth-order valence-electron chi connectivity index (χ4n) is 0.831. The van der Waals surface area contributed by atoms with Crippen LogP contribution in [0.25, 0.3) is 0 Å². The van der Waals surface area contributed by atoms with E-state index < -0.39 is 12.0 Å². The minimum Gasteiger partial charge on any atom is -0.480 e. The first-order valence-electron chi connectivity index (χ1n) is 3.90. The highest BCUT2D eigenvalue weighted by atomic mass is 16.8. The molecule has 0 heterocycles. The third kappa shape index (κ3) is 5.30. The molecule has 0 spiro atoms. The molecule has 0 amide bonds. The number of aliphatic carboxylic acids is 1. The average Bonchev–Trinajstić information content (AvgIpc) is 2.01. The number of guanidine groups is 1. The number of carboxylic acid groups (broad SMARTS) is 1. The van der Waals surface area contributed by atoms with Gasteiger partial charge in [0.1, 0.15) is 0 Å². The lowest BCUT2D eigenvalue weighted by Crippen LogP contribution is -2.36. The molecule has 0 unspecified atom stereocenters. The van der Waals surface area contributed by atoms with E-state index in [2.05, 4.69) is 4.99 Å². The summed E-state index contributed by atoms with van der Waals surface area (Å²) in [6.07, 6.45) is 0.381. The molecule has 1 atom stereocenters. The van der Waals surface area contributed by atoms with Crippen LogP contribution >= 0.6 is 0 Å². The second-order valence-electron chi connectivity index (χ2n) is 2.62. The van der Waals surface area contributed by atoms with Gasteiger partial charge in [-0.2, -0.15) is 0 Å². The predicted molar refractivity (Wildman–Crippen MR) is 46.7 cm³/mol. The molecule has 0 radical (unpaired) electrons. The van der Waals surface area contributed by atoms with Gasteiger partial charge in [0, 0.05) is 6.54 Å². The first-order valence-corrected chi connectivity index (χ1v) is 3.90. The zero-order chi connectivity index (χ0) is 11.1. The Labute approximate surface area is 80.4 Å². The van der Waals surface area contributed by atoms with Crippen LogP contribution in [0.5, 0.6) is 0 Å². The number of nitrogens with two attached hydrogens (primary N) is 2. The summed E-state index contributed by atoms with van der Waals surface area (Å²) in [5, 5.41) is 25.2. The van der Waals surface area contributed by atoms with Crippen LogP contribution in [-0.2, 0) is 4.79 Å². The number of hydrogen-bond donors (Lipinski definition) is 5. The Bertz CT molecular complexity index is 214. The van der Waals surface area contributed by atoms with Gasteiger partial charge in [-0.15, -0.1) is 0 Å². The van der Waals surface area contributed by atoms with Crippen molar-refractivity contribution in [1.82, 2.24) is 5.23 Å². The second-order valence-corrected chi connectivity index (χ2v) is 2.62. The molecule has 7 N–H and O–H groups in total. The number of hydroxylamine groups is 2. The Morgan fingerprint density at radius 3 is 2.36 bits per heavy atom. The third-order valence-electron chi connectivity index (χ3n) is 1.49. The standard InChI is InChI=1S/C6H14N4O4/c7-6(8)9-3-1-2-4(5(11)12)10(13)14/h4,13-14H,1-3H2,(H,11,12)(H4,7,8,9)/t4-/m0/s1. The summed E-state index contributed by atoms with van der Waals surface area (Å²) in [4.78, 5) is 14.0. The van der Waals surface area contributed by atoms with E-state index in [4.69, 9.17) is 27.0 Å². The topological polar surface area (TPSA) is 145 Å². The zero-order valence-electron chi connectivity index (χ0n) is 7.50. The third-order valence-corrected chi connectivity index (χ3v) is 1.49. The molecule has 0 aromatic carbocycles. The number of aliphatic imine (C=N–C) groups is 1. The van der Waals surface area contributed by atoms with Gasteiger partial charge < -0.3 is 16.6 Å². The van der Waals surface area contributed by atoms with E-state index in [0.717, 1.165) is 0 Å². The predicted octanol–water partition coefficient (Wildman–Crippen LogP) is -1.43. The first-order chi connectivity index (χ1) is 6.45. The van der Waals surface area contributed by atoms with E-state index in [1.807, 2.05) is 0 Å². The molecule has 82 valence electrons. The number of nitrogens with zero attached hydrogens (tertiary/aromatic N) is 2. The van der Waals surface area contributed by atoms with E-state index in [-0.39, 0.29) is 24.2 Å². The smallest absolute Gasteiger partial charge is 0.325 e. The van der Waals surface area contributed by atoms with Gasteiger partial charge in [0.05, 0.1) is 0 Å². The van der Waals surface area contributed by atoms with Crippen LogP contribution in [0.2, 0.25) is 0 Å². The molecule has 14 heavy (non-hydrogen) atoms. The molecule has 0 aromatic heterocycles. The number of carbonyl (C=O) groups is 1. The van der Waals surface area contributed by atoms with Gasteiger partial charge in [-0.3, -0.25) is 20.2 Å². The minimum absolute atomic E-state index is 0.0408. The normalized spacial score (nSPS) is 12.5. The molecule has 0 saturated heterocycles. The molecule has 8 nitrogen and oxygen atoms in total. The first kappa shape index (κ1) is 12.6. The lowest BCUT2D eigenvalue weighted by molar-refractivity contribution is -0.328.